The summed E-state index contributed by atoms with van der Waals surface area (Å²) < 4.78 is 33.5. The molecule has 0 saturated carbocycles. The summed E-state index contributed by atoms with van der Waals surface area (Å²) in [5.41, 5.74) is 0.534. The van der Waals surface area contributed by atoms with Gasteiger partial charge in [-0.15, -0.1) is 0 Å². The second-order valence-electron chi connectivity index (χ2n) is 6.93. The molecule has 1 aromatic carbocycles. The van der Waals surface area contributed by atoms with Gasteiger partial charge in [0.25, 0.3) is 0 Å². The minimum atomic E-state index is -1.04. The van der Waals surface area contributed by atoms with Crippen molar-refractivity contribution in [1.82, 2.24) is 5.32 Å². The zero-order valence-corrected chi connectivity index (χ0v) is 19.2. The Hall–Kier alpha value is -3.54. The van der Waals surface area contributed by atoms with E-state index in [9.17, 15) is 19.2 Å². The fraction of sp³-hybridized carbons (Fsp3) is 0.524. The summed E-state index contributed by atoms with van der Waals surface area (Å²) in [6.45, 7) is 4.14. The lowest BCUT2D eigenvalue weighted by molar-refractivity contribution is -0.143. The van der Waals surface area contributed by atoms with E-state index in [0.29, 0.717) is 5.56 Å². The Morgan fingerprint density at radius 2 is 1.48 bits per heavy atom. The fourth-order valence-electron chi connectivity index (χ4n) is 2.37. The lowest BCUT2D eigenvalue weighted by atomic mass is 10.1. The highest BCUT2D eigenvalue weighted by Gasteiger charge is 2.22. The van der Waals surface area contributed by atoms with Crippen LogP contribution in [-0.4, -0.2) is 71.6 Å². The van der Waals surface area contributed by atoms with Crippen molar-refractivity contribution in [3.63, 3.8) is 0 Å². The van der Waals surface area contributed by atoms with Crippen LogP contribution in [0.15, 0.2) is 18.2 Å². The second-order valence-corrected chi connectivity index (χ2v) is 6.93. The number of esters is 1. The maximum Gasteiger partial charge on any atom is 0.513 e. The first-order chi connectivity index (χ1) is 15.7. The molecule has 0 heterocycles. The quantitative estimate of drug-likeness (QED) is 0.219. The molecule has 1 aromatic rings. The van der Waals surface area contributed by atoms with Crippen LogP contribution in [0, 0.1) is 5.92 Å². The van der Waals surface area contributed by atoms with Crippen molar-refractivity contribution in [2.24, 2.45) is 5.92 Å². The van der Waals surface area contributed by atoms with Gasteiger partial charge in [-0.1, -0.05) is 19.9 Å². The third-order valence-corrected chi connectivity index (χ3v) is 3.90. The summed E-state index contributed by atoms with van der Waals surface area (Å²) in [5, 5.41) is 2.92. The van der Waals surface area contributed by atoms with E-state index in [1.807, 2.05) is 13.8 Å². The minimum absolute atomic E-state index is 0.0347. The number of ether oxygens (including phenoxy) is 7. The molecule has 0 aliphatic heterocycles. The summed E-state index contributed by atoms with van der Waals surface area (Å²) >= 11 is 0. The van der Waals surface area contributed by atoms with Gasteiger partial charge >= 0.3 is 24.4 Å². The van der Waals surface area contributed by atoms with Crippen molar-refractivity contribution in [3.8, 4) is 11.5 Å². The van der Waals surface area contributed by atoms with Crippen LogP contribution in [0.2, 0.25) is 0 Å². The summed E-state index contributed by atoms with van der Waals surface area (Å²) in [7, 11) is 3.47. The molecule has 1 atom stereocenters. The minimum Gasteiger partial charge on any atom is -0.468 e. The van der Waals surface area contributed by atoms with Crippen molar-refractivity contribution in [2.75, 3.05) is 41.1 Å². The van der Waals surface area contributed by atoms with Crippen LogP contribution in [0.3, 0.4) is 0 Å². The van der Waals surface area contributed by atoms with Gasteiger partial charge in [0, 0.05) is 6.54 Å². The molecule has 33 heavy (non-hydrogen) atoms. The average molecular weight is 471 g/mol. The van der Waals surface area contributed by atoms with Gasteiger partial charge in [-0.3, -0.25) is 4.79 Å². The highest BCUT2D eigenvalue weighted by molar-refractivity contribution is 5.76. The standard InChI is InChI=1S/C21H29NO11/c1-13(2)12-31-21(26)30-9-8-22-15(18(23)27-3)10-14-6-7-16(32-19(24)28-4)17(11-14)33-20(25)29-5/h6-7,11,13,15,22H,8-10,12H2,1-5H3/t15-/m0/s1. The van der Waals surface area contributed by atoms with Gasteiger partial charge in [-0.2, -0.15) is 0 Å². The zero-order chi connectivity index (χ0) is 24.8. The third-order valence-electron chi connectivity index (χ3n) is 3.90. The van der Waals surface area contributed by atoms with E-state index in [0.717, 1.165) is 14.2 Å². The lowest BCUT2D eigenvalue weighted by Crippen LogP contribution is -2.41. The predicted octanol–water partition coefficient (Wildman–Crippen LogP) is 2.46. The Labute approximate surface area is 191 Å². The predicted molar refractivity (Wildman–Crippen MR) is 112 cm³/mol. The molecule has 0 amide bonds. The summed E-state index contributed by atoms with van der Waals surface area (Å²) in [6, 6.07) is 3.50. The second kappa shape index (κ2) is 14.5. The normalized spacial score (nSPS) is 11.2. The smallest absolute Gasteiger partial charge is 0.468 e. The number of benzene rings is 1. The lowest BCUT2D eigenvalue weighted by Gasteiger charge is -2.17. The number of hydrogen-bond donors (Lipinski definition) is 1. The maximum atomic E-state index is 12.2. The molecule has 184 valence electrons. The van der Waals surface area contributed by atoms with Crippen molar-refractivity contribution in [1.29, 1.82) is 0 Å². The van der Waals surface area contributed by atoms with Gasteiger partial charge in [0.05, 0.1) is 27.9 Å². The van der Waals surface area contributed by atoms with Crippen LogP contribution >= 0.6 is 0 Å². The van der Waals surface area contributed by atoms with Crippen LogP contribution < -0.4 is 14.8 Å². The Balaban J connectivity index is 2.83. The number of carbonyl (C=O) groups is 4. The van der Waals surface area contributed by atoms with Crippen molar-refractivity contribution in [2.45, 2.75) is 26.3 Å². The zero-order valence-electron chi connectivity index (χ0n) is 19.2. The topological polar surface area (TPSA) is 145 Å². The molecule has 0 unspecified atom stereocenters. The van der Waals surface area contributed by atoms with Crippen molar-refractivity contribution >= 4 is 24.4 Å². The van der Waals surface area contributed by atoms with E-state index >= 15 is 0 Å². The highest BCUT2D eigenvalue weighted by atomic mass is 16.7. The van der Waals surface area contributed by atoms with Crippen LogP contribution in [-0.2, 0) is 34.9 Å². The van der Waals surface area contributed by atoms with Crippen molar-refractivity contribution in [3.05, 3.63) is 23.8 Å². The van der Waals surface area contributed by atoms with Gasteiger partial charge in [-0.25, -0.2) is 14.4 Å². The molecule has 1 N–H and O–H groups in total. The van der Waals surface area contributed by atoms with Crippen LogP contribution in [0.1, 0.15) is 19.4 Å². The molecule has 12 heteroatoms. The number of carbonyl (C=O) groups excluding carboxylic acids is 4. The molecular weight excluding hydrogens is 442 g/mol. The molecule has 0 spiro atoms. The Morgan fingerprint density at radius 3 is 2.06 bits per heavy atom. The van der Waals surface area contributed by atoms with Crippen molar-refractivity contribution < 1.29 is 52.3 Å². The molecule has 0 saturated heterocycles. The van der Waals surface area contributed by atoms with Crippen LogP contribution in [0.4, 0.5) is 14.4 Å². The number of methoxy groups -OCH3 is 3. The summed E-state index contributed by atoms with van der Waals surface area (Å²) in [5.74, 6) is -0.601. The molecule has 0 bridgehead atoms. The Morgan fingerprint density at radius 1 is 0.848 bits per heavy atom. The van der Waals surface area contributed by atoms with Gasteiger partial charge in [0.15, 0.2) is 11.5 Å². The molecule has 0 aliphatic rings. The van der Waals surface area contributed by atoms with E-state index in [1.54, 1.807) is 6.07 Å². The largest absolute Gasteiger partial charge is 0.513 e. The van der Waals surface area contributed by atoms with Gasteiger partial charge in [0.2, 0.25) is 0 Å². The van der Waals surface area contributed by atoms with E-state index in [-0.39, 0.29) is 43.6 Å². The number of hydrogen-bond acceptors (Lipinski definition) is 12. The number of rotatable bonds is 11. The fourth-order valence-corrected chi connectivity index (χ4v) is 2.37. The first-order valence-corrected chi connectivity index (χ1v) is 9.95. The van der Waals surface area contributed by atoms with Crippen LogP contribution in [0.25, 0.3) is 0 Å². The molecule has 1 rings (SSSR count). The number of nitrogens with one attached hydrogen (secondary N) is 1. The van der Waals surface area contributed by atoms with E-state index in [2.05, 4.69) is 14.8 Å². The Bertz CT molecular complexity index is 809. The molecule has 0 aliphatic carbocycles. The molecule has 0 radical (unpaired) electrons. The highest BCUT2D eigenvalue weighted by Crippen LogP contribution is 2.30. The molecule has 12 nitrogen and oxygen atoms in total. The maximum absolute atomic E-state index is 12.2. The first kappa shape index (κ1) is 27.5. The van der Waals surface area contributed by atoms with E-state index in [4.69, 9.17) is 23.7 Å². The monoisotopic (exact) mass is 471 g/mol. The van der Waals surface area contributed by atoms with Gasteiger partial charge in [-0.05, 0) is 30.0 Å². The Kier molecular flexibility index (Phi) is 12.1. The summed E-state index contributed by atoms with van der Waals surface area (Å²) in [4.78, 5) is 46.6. The molecular formula is C21H29NO11. The van der Waals surface area contributed by atoms with E-state index in [1.165, 1.54) is 19.2 Å². The van der Waals surface area contributed by atoms with E-state index < -0.39 is 30.5 Å². The molecule has 0 aromatic heterocycles. The molecule has 0 fully saturated rings. The van der Waals surface area contributed by atoms with Crippen LogP contribution in [0.5, 0.6) is 11.5 Å². The average Bonchev–Trinajstić information content (AvgIpc) is 2.80. The van der Waals surface area contributed by atoms with Gasteiger partial charge in [0.1, 0.15) is 12.6 Å². The first-order valence-electron chi connectivity index (χ1n) is 9.95. The SMILES string of the molecule is COC(=O)Oc1ccc(C[C@H](NCCOC(=O)OCC(C)C)C(=O)OC)cc1OC(=O)OC. The summed E-state index contributed by atoms with van der Waals surface area (Å²) in [6.07, 6.45) is -2.74. The van der Waals surface area contributed by atoms with Gasteiger partial charge < -0.3 is 38.5 Å². The third kappa shape index (κ3) is 10.5.